The average Bonchev–Trinajstić information content (AvgIpc) is 2.33. The van der Waals surface area contributed by atoms with Crippen molar-refractivity contribution < 1.29 is 14.6 Å². The fraction of sp³-hybridized carbons (Fsp3) is 0.500. The van der Waals surface area contributed by atoms with Crippen molar-refractivity contribution in [2.75, 3.05) is 13.7 Å². The number of benzene rings is 1. The van der Waals surface area contributed by atoms with E-state index in [0.29, 0.717) is 11.3 Å². The van der Waals surface area contributed by atoms with Crippen LogP contribution in [0.4, 0.5) is 4.79 Å². The largest absolute Gasteiger partial charge is 0.496 e. The molecule has 1 rings (SSSR count). The summed E-state index contributed by atoms with van der Waals surface area (Å²) in [5.74, 6) is 0.614. The van der Waals surface area contributed by atoms with E-state index >= 15 is 0 Å². The van der Waals surface area contributed by atoms with Crippen LogP contribution in [0.1, 0.15) is 32.4 Å². The van der Waals surface area contributed by atoms with Gasteiger partial charge in [0.15, 0.2) is 0 Å². The van der Waals surface area contributed by atoms with E-state index in [0.717, 1.165) is 4.47 Å². The Morgan fingerprint density at radius 1 is 1.45 bits per heavy atom. The number of urea groups is 1. The summed E-state index contributed by atoms with van der Waals surface area (Å²) in [7, 11) is 1.55. The predicted molar refractivity (Wildman–Crippen MR) is 81.9 cm³/mol. The number of carbonyl (C=O) groups excluding carboxylic acids is 1. The molecule has 20 heavy (non-hydrogen) atoms. The van der Waals surface area contributed by atoms with E-state index in [1.807, 2.05) is 32.9 Å². The van der Waals surface area contributed by atoms with Gasteiger partial charge in [0, 0.05) is 15.6 Å². The lowest BCUT2D eigenvalue weighted by molar-refractivity contribution is 0.209. The Morgan fingerprint density at radius 2 is 2.10 bits per heavy atom. The zero-order chi connectivity index (χ0) is 15.3. The van der Waals surface area contributed by atoms with E-state index in [2.05, 4.69) is 26.6 Å². The lowest BCUT2D eigenvalue weighted by Crippen LogP contribution is -2.48. The molecule has 0 spiro atoms. The molecular formula is C14H21BrN2O3. The number of aliphatic hydroxyl groups is 1. The fourth-order valence-corrected chi connectivity index (χ4v) is 2.11. The number of hydrogen-bond acceptors (Lipinski definition) is 3. The van der Waals surface area contributed by atoms with Gasteiger partial charge in [0.05, 0.1) is 19.8 Å². The molecule has 112 valence electrons. The lowest BCUT2D eigenvalue weighted by atomic mass is 10.1. The van der Waals surface area contributed by atoms with Crippen LogP contribution in [-0.4, -0.2) is 30.4 Å². The van der Waals surface area contributed by atoms with Crippen molar-refractivity contribution >= 4 is 22.0 Å². The van der Waals surface area contributed by atoms with Crippen LogP contribution in [0, 0.1) is 0 Å². The van der Waals surface area contributed by atoms with Gasteiger partial charge in [-0.1, -0.05) is 15.9 Å². The summed E-state index contributed by atoms with van der Waals surface area (Å²) >= 11 is 3.37. The van der Waals surface area contributed by atoms with Crippen LogP contribution in [0.2, 0.25) is 0 Å². The summed E-state index contributed by atoms with van der Waals surface area (Å²) in [6.45, 7) is 5.45. The van der Waals surface area contributed by atoms with Gasteiger partial charge in [-0.2, -0.15) is 0 Å². The van der Waals surface area contributed by atoms with Crippen molar-refractivity contribution in [2.45, 2.75) is 32.4 Å². The molecule has 1 aromatic rings. The maximum atomic E-state index is 11.9. The minimum absolute atomic E-state index is 0.218. The Bertz CT molecular complexity index is 472. The van der Waals surface area contributed by atoms with Gasteiger partial charge < -0.3 is 20.5 Å². The Hall–Kier alpha value is -1.27. The summed E-state index contributed by atoms with van der Waals surface area (Å²) in [4.78, 5) is 11.9. The van der Waals surface area contributed by atoms with Gasteiger partial charge in [0.25, 0.3) is 0 Å². The van der Waals surface area contributed by atoms with E-state index < -0.39 is 6.04 Å². The van der Waals surface area contributed by atoms with E-state index in [1.54, 1.807) is 13.2 Å². The van der Waals surface area contributed by atoms with Crippen LogP contribution in [0.5, 0.6) is 5.75 Å². The van der Waals surface area contributed by atoms with Crippen LogP contribution < -0.4 is 15.4 Å². The number of hydrogen-bond donors (Lipinski definition) is 3. The molecule has 1 atom stereocenters. The number of aliphatic hydroxyl groups excluding tert-OH is 1. The van der Waals surface area contributed by atoms with Gasteiger partial charge in [-0.25, -0.2) is 4.79 Å². The van der Waals surface area contributed by atoms with E-state index in [1.165, 1.54) is 0 Å². The van der Waals surface area contributed by atoms with Crippen LogP contribution in [0.25, 0.3) is 0 Å². The first kappa shape index (κ1) is 16.8. The molecule has 0 unspecified atom stereocenters. The highest BCUT2D eigenvalue weighted by Gasteiger charge is 2.20. The maximum absolute atomic E-state index is 11.9. The van der Waals surface area contributed by atoms with Crippen molar-refractivity contribution in [1.82, 2.24) is 10.6 Å². The summed E-state index contributed by atoms with van der Waals surface area (Å²) in [5.41, 5.74) is 0.374. The highest BCUT2D eigenvalue weighted by atomic mass is 79.9. The number of carbonyl (C=O) groups is 1. The second-order valence-electron chi connectivity index (χ2n) is 5.47. The number of halogens is 1. The first-order valence-electron chi connectivity index (χ1n) is 6.30. The molecule has 6 heteroatoms. The third kappa shape index (κ3) is 5.02. The third-order valence-corrected chi connectivity index (χ3v) is 3.04. The van der Waals surface area contributed by atoms with E-state index in [4.69, 9.17) is 4.74 Å². The summed E-state index contributed by atoms with van der Waals surface area (Å²) in [6, 6.07) is 4.57. The van der Waals surface area contributed by atoms with Gasteiger partial charge >= 0.3 is 6.03 Å². The molecule has 0 saturated heterocycles. The Labute approximate surface area is 127 Å². The monoisotopic (exact) mass is 344 g/mol. The minimum atomic E-state index is -0.537. The topological polar surface area (TPSA) is 70.6 Å². The smallest absolute Gasteiger partial charge is 0.315 e. The minimum Gasteiger partial charge on any atom is -0.496 e. The van der Waals surface area contributed by atoms with Gasteiger partial charge in [-0.3, -0.25) is 0 Å². The van der Waals surface area contributed by atoms with Crippen molar-refractivity contribution in [1.29, 1.82) is 0 Å². The van der Waals surface area contributed by atoms with Crippen LogP contribution in [0.15, 0.2) is 22.7 Å². The highest BCUT2D eigenvalue weighted by Crippen LogP contribution is 2.28. The number of methoxy groups -OCH3 is 1. The lowest BCUT2D eigenvalue weighted by Gasteiger charge is -2.24. The highest BCUT2D eigenvalue weighted by molar-refractivity contribution is 9.10. The Kier molecular flexibility index (Phi) is 5.83. The zero-order valence-corrected chi connectivity index (χ0v) is 13.7. The zero-order valence-electron chi connectivity index (χ0n) is 12.2. The fourth-order valence-electron chi connectivity index (χ4n) is 1.73. The van der Waals surface area contributed by atoms with Crippen molar-refractivity contribution in [3.63, 3.8) is 0 Å². The van der Waals surface area contributed by atoms with Crippen molar-refractivity contribution in [3.05, 3.63) is 28.2 Å². The molecule has 0 aromatic heterocycles. The molecule has 2 amide bonds. The molecule has 1 aromatic carbocycles. The number of amides is 2. The van der Waals surface area contributed by atoms with Crippen LogP contribution >= 0.6 is 15.9 Å². The third-order valence-electron chi connectivity index (χ3n) is 2.54. The molecule has 0 radical (unpaired) electrons. The van der Waals surface area contributed by atoms with E-state index in [-0.39, 0.29) is 18.2 Å². The maximum Gasteiger partial charge on any atom is 0.315 e. The summed E-state index contributed by atoms with van der Waals surface area (Å²) in [6.07, 6.45) is 0. The number of nitrogens with one attached hydrogen (secondary N) is 2. The van der Waals surface area contributed by atoms with Crippen LogP contribution in [-0.2, 0) is 0 Å². The number of rotatable bonds is 4. The second-order valence-corrected chi connectivity index (χ2v) is 6.39. The van der Waals surface area contributed by atoms with Gasteiger partial charge in [0.2, 0.25) is 0 Å². The molecule has 0 aliphatic carbocycles. The average molecular weight is 345 g/mol. The molecule has 3 N–H and O–H groups in total. The molecule has 5 nitrogen and oxygen atoms in total. The molecule has 0 fully saturated rings. The first-order valence-corrected chi connectivity index (χ1v) is 7.09. The first-order chi connectivity index (χ1) is 9.26. The van der Waals surface area contributed by atoms with Gasteiger partial charge in [-0.05, 0) is 39.0 Å². The van der Waals surface area contributed by atoms with Crippen molar-refractivity contribution in [2.24, 2.45) is 0 Å². The molecule has 0 saturated carbocycles. The molecule has 0 bridgehead atoms. The molecule has 0 aliphatic rings. The Balaban J connectivity index is 2.91. The van der Waals surface area contributed by atoms with Crippen LogP contribution in [0.3, 0.4) is 0 Å². The normalized spacial score (nSPS) is 12.7. The summed E-state index contributed by atoms with van der Waals surface area (Å²) in [5, 5.41) is 15.1. The molecule has 0 heterocycles. The standard InChI is InChI=1S/C14H21BrN2O3/c1-14(2,3)17-13(19)16-11(8-18)10-7-9(15)5-6-12(10)20-4/h5-7,11,18H,8H2,1-4H3,(H2,16,17,19)/t11-/m0/s1. The number of ether oxygens (including phenoxy) is 1. The van der Waals surface area contributed by atoms with Gasteiger partial charge in [0.1, 0.15) is 5.75 Å². The van der Waals surface area contributed by atoms with Gasteiger partial charge in [-0.15, -0.1) is 0 Å². The van der Waals surface area contributed by atoms with Crippen molar-refractivity contribution in [3.8, 4) is 5.75 Å². The molecular weight excluding hydrogens is 324 g/mol. The van der Waals surface area contributed by atoms with E-state index in [9.17, 15) is 9.90 Å². The second kappa shape index (κ2) is 6.95. The SMILES string of the molecule is COc1ccc(Br)cc1[C@H](CO)NC(=O)NC(C)(C)C. The quantitative estimate of drug-likeness (QED) is 0.786. The molecule has 0 aliphatic heterocycles. The Morgan fingerprint density at radius 3 is 2.60 bits per heavy atom. The predicted octanol–water partition coefficient (Wildman–Crippen LogP) is 2.59. The summed E-state index contributed by atoms with van der Waals surface area (Å²) < 4.78 is 6.11.